The maximum atomic E-state index is 12.1. The Morgan fingerprint density at radius 2 is 0.956 bits per heavy atom. The van der Waals surface area contributed by atoms with Crippen molar-refractivity contribution in [2.24, 2.45) is 0 Å². The number of hydrogen-bond donors (Lipinski definition) is 1. The molecule has 45 heavy (non-hydrogen) atoms. The molecule has 5 nitrogen and oxygen atoms in total. The topological polar surface area (TPSA) is 72.8 Å². The molecule has 0 amide bonds. The van der Waals surface area contributed by atoms with Crippen molar-refractivity contribution in [3.8, 4) is 0 Å². The molecule has 1 atom stereocenters. The maximum absolute atomic E-state index is 12.1. The van der Waals surface area contributed by atoms with Gasteiger partial charge in [0.1, 0.15) is 6.61 Å². The number of aliphatic hydroxyl groups is 1. The summed E-state index contributed by atoms with van der Waals surface area (Å²) in [4.78, 5) is 24.2. The standard InChI is InChI=1S/C40H70O5/c1-3-5-7-9-11-13-15-17-18-19-20-21-23-25-27-29-31-33-35-40(43)45-38(36-41)37-44-39(42)34-32-30-28-26-24-22-16-14-12-10-8-6-4-2/h6,8,10,12,14,16,22,24,38,41H,3-5,7,9,11,13,15,17-21,23,25-37H2,1-2H3/b8-6+,12-10+,16-14+,24-22+. The van der Waals surface area contributed by atoms with Gasteiger partial charge in [-0.15, -0.1) is 0 Å². The SMILES string of the molecule is CC/C=C/C=C/C=C/C=C/CCCCCC(=O)OCC(CO)OC(=O)CCCCCCCCCCCCCCCCCCCC. The molecule has 260 valence electrons. The van der Waals surface area contributed by atoms with E-state index in [-0.39, 0.29) is 25.2 Å². The molecule has 0 fully saturated rings. The predicted molar refractivity (Wildman–Crippen MR) is 191 cm³/mol. The van der Waals surface area contributed by atoms with Gasteiger partial charge in [-0.2, -0.15) is 0 Å². The molecule has 1 unspecified atom stereocenters. The molecule has 0 bridgehead atoms. The largest absolute Gasteiger partial charge is 0.462 e. The molecule has 0 aliphatic heterocycles. The Hall–Kier alpha value is -2.14. The van der Waals surface area contributed by atoms with Crippen LogP contribution in [0.25, 0.3) is 0 Å². The Kier molecular flexibility index (Phi) is 34.6. The van der Waals surface area contributed by atoms with Crippen LogP contribution in [0.5, 0.6) is 0 Å². The average molecular weight is 631 g/mol. The van der Waals surface area contributed by atoms with Crippen molar-refractivity contribution in [3.05, 3.63) is 48.6 Å². The van der Waals surface area contributed by atoms with Crippen LogP contribution in [0.15, 0.2) is 48.6 Å². The summed E-state index contributed by atoms with van der Waals surface area (Å²) in [5.41, 5.74) is 0. The lowest BCUT2D eigenvalue weighted by Crippen LogP contribution is -2.28. The molecular weight excluding hydrogens is 560 g/mol. The number of aliphatic hydroxyl groups excluding tert-OH is 1. The Balaban J connectivity index is 3.59. The smallest absolute Gasteiger partial charge is 0.306 e. The summed E-state index contributed by atoms with van der Waals surface area (Å²) in [7, 11) is 0. The van der Waals surface area contributed by atoms with Gasteiger partial charge < -0.3 is 14.6 Å². The fourth-order valence-electron chi connectivity index (χ4n) is 5.15. The minimum absolute atomic E-state index is 0.0854. The van der Waals surface area contributed by atoms with Crippen molar-refractivity contribution in [1.29, 1.82) is 0 Å². The molecule has 0 aliphatic rings. The van der Waals surface area contributed by atoms with Crippen LogP contribution in [-0.4, -0.2) is 36.4 Å². The first kappa shape index (κ1) is 42.9. The third-order valence-corrected chi connectivity index (χ3v) is 7.98. The van der Waals surface area contributed by atoms with Crippen molar-refractivity contribution in [1.82, 2.24) is 0 Å². The summed E-state index contributed by atoms with van der Waals surface area (Å²) < 4.78 is 10.6. The summed E-state index contributed by atoms with van der Waals surface area (Å²) in [6.45, 7) is 3.96. The lowest BCUT2D eigenvalue weighted by atomic mass is 10.0. The van der Waals surface area contributed by atoms with E-state index in [9.17, 15) is 14.7 Å². The summed E-state index contributed by atoms with van der Waals surface area (Å²) in [6.07, 6.45) is 44.6. The molecule has 0 aromatic rings. The molecule has 1 N–H and O–H groups in total. The minimum atomic E-state index is -0.785. The second kappa shape index (κ2) is 36.3. The number of ether oxygens (including phenoxy) is 2. The fourth-order valence-corrected chi connectivity index (χ4v) is 5.15. The lowest BCUT2D eigenvalue weighted by molar-refractivity contribution is -0.161. The van der Waals surface area contributed by atoms with E-state index in [0.29, 0.717) is 12.8 Å². The van der Waals surface area contributed by atoms with Crippen LogP contribution in [0.3, 0.4) is 0 Å². The number of carbonyl (C=O) groups excluding carboxylic acids is 2. The number of rotatable bonds is 33. The number of carbonyl (C=O) groups is 2. The molecule has 0 aromatic carbocycles. The van der Waals surface area contributed by atoms with Crippen LogP contribution < -0.4 is 0 Å². The second-order valence-corrected chi connectivity index (χ2v) is 12.4. The van der Waals surface area contributed by atoms with Gasteiger partial charge in [-0.3, -0.25) is 9.59 Å². The highest BCUT2D eigenvalue weighted by Gasteiger charge is 2.16. The van der Waals surface area contributed by atoms with Crippen LogP contribution >= 0.6 is 0 Å². The fraction of sp³-hybridized carbons (Fsp3) is 0.750. The molecule has 0 saturated carbocycles. The Bertz CT molecular complexity index is 767. The predicted octanol–water partition coefficient (Wildman–Crippen LogP) is 11.5. The molecule has 0 heterocycles. The highest BCUT2D eigenvalue weighted by atomic mass is 16.6. The molecular formula is C40H70O5. The van der Waals surface area contributed by atoms with Gasteiger partial charge in [0.25, 0.3) is 0 Å². The number of esters is 2. The molecule has 0 aliphatic carbocycles. The van der Waals surface area contributed by atoms with Crippen molar-refractivity contribution in [3.63, 3.8) is 0 Å². The van der Waals surface area contributed by atoms with Gasteiger partial charge in [-0.1, -0.05) is 178 Å². The second-order valence-electron chi connectivity index (χ2n) is 12.4. The average Bonchev–Trinajstić information content (AvgIpc) is 3.04. The number of unbranched alkanes of at least 4 members (excludes halogenated alkanes) is 20. The molecule has 5 heteroatoms. The first-order chi connectivity index (χ1) is 22.1. The van der Waals surface area contributed by atoms with Gasteiger partial charge in [0, 0.05) is 12.8 Å². The van der Waals surface area contributed by atoms with Crippen molar-refractivity contribution >= 4 is 11.9 Å². The van der Waals surface area contributed by atoms with E-state index in [1.54, 1.807) is 0 Å². The van der Waals surface area contributed by atoms with E-state index in [4.69, 9.17) is 9.47 Å². The van der Waals surface area contributed by atoms with Crippen molar-refractivity contribution in [2.75, 3.05) is 13.2 Å². The Morgan fingerprint density at radius 1 is 0.533 bits per heavy atom. The first-order valence-electron chi connectivity index (χ1n) is 18.7. The molecule has 0 spiro atoms. The van der Waals surface area contributed by atoms with Crippen LogP contribution in [0.4, 0.5) is 0 Å². The van der Waals surface area contributed by atoms with E-state index < -0.39 is 6.10 Å². The van der Waals surface area contributed by atoms with Gasteiger partial charge in [-0.05, 0) is 32.1 Å². The van der Waals surface area contributed by atoms with Gasteiger partial charge in [0.2, 0.25) is 0 Å². The lowest BCUT2D eigenvalue weighted by Gasteiger charge is -2.15. The zero-order valence-corrected chi connectivity index (χ0v) is 29.4. The molecule has 0 aromatic heterocycles. The zero-order valence-electron chi connectivity index (χ0n) is 29.4. The Labute approximate surface area is 278 Å². The van der Waals surface area contributed by atoms with E-state index in [1.165, 1.54) is 96.3 Å². The third-order valence-electron chi connectivity index (χ3n) is 7.98. The highest BCUT2D eigenvalue weighted by molar-refractivity contribution is 5.70. The van der Waals surface area contributed by atoms with Crippen LogP contribution in [0, 0.1) is 0 Å². The zero-order chi connectivity index (χ0) is 32.9. The molecule has 0 rings (SSSR count). The van der Waals surface area contributed by atoms with Gasteiger partial charge in [0.15, 0.2) is 6.10 Å². The quantitative estimate of drug-likeness (QED) is 0.0444. The van der Waals surface area contributed by atoms with Gasteiger partial charge in [-0.25, -0.2) is 0 Å². The van der Waals surface area contributed by atoms with E-state index in [2.05, 4.69) is 26.0 Å². The Morgan fingerprint density at radius 3 is 1.44 bits per heavy atom. The highest BCUT2D eigenvalue weighted by Crippen LogP contribution is 2.15. The first-order valence-corrected chi connectivity index (χ1v) is 18.7. The molecule has 0 radical (unpaired) electrons. The monoisotopic (exact) mass is 631 g/mol. The van der Waals surface area contributed by atoms with Crippen LogP contribution in [0.2, 0.25) is 0 Å². The van der Waals surface area contributed by atoms with Crippen molar-refractivity contribution in [2.45, 2.75) is 180 Å². The van der Waals surface area contributed by atoms with Gasteiger partial charge >= 0.3 is 11.9 Å². The summed E-state index contributed by atoms with van der Waals surface area (Å²) in [5.74, 6) is -0.635. The van der Waals surface area contributed by atoms with E-state index in [1.807, 2.05) is 36.5 Å². The van der Waals surface area contributed by atoms with Crippen LogP contribution in [0.1, 0.15) is 174 Å². The summed E-state index contributed by atoms with van der Waals surface area (Å²) in [5, 5.41) is 9.53. The van der Waals surface area contributed by atoms with E-state index >= 15 is 0 Å². The van der Waals surface area contributed by atoms with Crippen LogP contribution in [-0.2, 0) is 19.1 Å². The van der Waals surface area contributed by atoms with E-state index in [0.717, 1.165) is 51.4 Å². The minimum Gasteiger partial charge on any atom is -0.462 e. The normalized spacial score (nSPS) is 12.7. The van der Waals surface area contributed by atoms with Crippen molar-refractivity contribution < 1.29 is 24.2 Å². The maximum Gasteiger partial charge on any atom is 0.306 e. The number of allylic oxidation sites excluding steroid dienone is 8. The summed E-state index contributed by atoms with van der Waals surface area (Å²) >= 11 is 0. The number of hydrogen-bond acceptors (Lipinski definition) is 5. The summed E-state index contributed by atoms with van der Waals surface area (Å²) in [6, 6.07) is 0. The third kappa shape index (κ3) is 34.6. The van der Waals surface area contributed by atoms with Gasteiger partial charge in [0.05, 0.1) is 6.61 Å². The molecule has 0 saturated heterocycles.